The molecule has 0 aromatic heterocycles. The SMILES string of the molecule is CCOCCN1C(=O)C2(CCCC2)NC(=O)C1(C)C. The van der Waals surface area contributed by atoms with Gasteiger partial charge < -0.3 is 15.0 Å². The average Bonchev–Trinajstić information content (AvgIpc) is 2.81. The Bertz CT molecular complexity index is 373. The Balaban J connectivity index is 2.19. The molecule has 1 heterocycles. The Hall–Kier alpha value is -1.10. The van der Waals surface area contributed by atoms with Crippen LogP contribution in [0.1, 0.15) is 46.5 Å². The van der Waals surface area contributed by atoms with Crippen molar-refractivity contribution >= 4 is 11.8 Å². The Labute approximate surface area is 114 Å². The number of hydrogen-bond donors (Lipinski definition) is 1. The molecule has 0 atom stereocenters. The number of rotatable bonds is 4. The van der Waals surface area contributed by atoms with E-state index in [-0.39, 0.29) is 11.8 Å². The molecule has 1 aliphatic heterocycles. The van der Waals surface area contributed by atoms with Crippen LogP contribution in [0.3, 0.4) is 0 Å². The van der Waals surface area contributed by atoms with Gasteiger partial charge >= 0.3 is 0 Å². The maximum atomic E-state index is 12.8. The lowest BCUT2D eigenvalue weighted by atomic mass is 9.86. The Morgan fingerprint density at radius 1 is 1.26 bits per heavy atom. The normalized spacial score (nSPS) is 24.9. The lowest BCUT2D eigenvalue weighted by molar-refractivity contribution is -0.161. The van der Waals surface area contributed by atoms with Crippen molar-refractivity contribution in [3.8, 4) is 0 Å². The van der Waals surface area contributed by atoms with Crippen LogP contribution in [0.5, 0.6) is 0 Å². The van der Waals surface area contributed by atoms with Gasteiger partial charge in [-0.15, -0.1) is 0 Å². The van der Waals surface area contributed by atoms with Crippen LogP contribution in [0.25, 0.3) is 0 Å². The number of carbonyl (C=O) groups is 2. The fourth-order valence-electron chi connectivity index (χ4n) is 3.06. The zero-order valence-corrected chi connectivity index (χ0v) is 12.1. The molecule has 0 aromatic carbocycles. The van der Waals surface area contributed by atoms with Crippen LogP contribution < -0.4 is 5.32 Å². The van der Waals surface area contributed by atoms with Crippen molar-refractivity contribution in [2.75, 3.05) is 19.8 Å². The third kappa shape index (κ3) is 2.36. The summed E-state index contributed by atoms with van der Waals surface area (Å²) in [5.74, 6) is 0.0137. The van der Waals surface area contributed by atoms with E-state index in [1.165, 1.54) is 0 Å². The van der Waals surface area contributed by atoms with Crippen LogP contribution >= 0.6 is 0 Å². The Kier molecular flexibility index (Phi) is 3.85. The zero-order valence-electron chi connectivity index (χ0n) is 12.1. The van der Waals surface area contributed by atoms with E-state index in [0.717, 1.165) is 25.7 Å². The van der Waals surface area contributed by atoms with E-state index in [1.54, 1.807) is 18.7 Å². The summed E-state index contributed by atoms with van der Waals surface area (Å²) < 4.78 is 5.34. The smallest absolute Gasteiger partial charge is 0.249 e. The van der Waals surface area contributed by atoms with Gasteiger partial charge in [-0.05, 0) is 33.6 Å². The molecule has 1 saturated heterocycles. The number of amides is 2. The largest absolute Gasteiger partial charge is 0.380 e. The second kappa shape index (κ2) is 5.12. The summed E-state index contributed by atoms with van der Waals surface area (Å²) in [6.07, 6.45) is 3.54. The molecule has 0 unspecified atom stereocenters. The second-order valence-electron chi connectivity index (χ2n) is 5.96. The number of ether oxygens (including phenoxy) is 1. The van der Waals surface area contributed by atoms with E-state index in [4.69, 9.17) is 4.74 Å². The molecule has 1 spiro atoms. The monoisotopic (exact) mass is 268 g/mol. The van der Waals surface area contributed by atoms with E-state index in [9.17, 15) is 9.59 Å². The number of hydrogen-bond acceptors (Lipinski definition) is 3. The molecule has 2 fully saturated rings. The van der Waals surface area contributed by atoms with Crippen molar-refractivity contribution in [1.29, 1.82) is 0 Å². The molecule has 2 amide bonds. The molecular formula is C14H24N2O3. The predicted octanol–water partition coefficient (Wildman–Crippen LogP) is 1.07. The Morgan fingerprint density at radius 3 is 2.47 bits per heavy atom. The molecular weight excluding hydrogens is 244 g/mol. The first-order chi connectivity index (χ1) is 8.94. The molecule has 5 nitrogen and oxygen atoms in total. The number of carbonyl (C=O) groups excluding carboxylic acids is 2. The highest BCUT2D eigenvalue weighted by molar-refractivity contribution is 6.02. The average molecular weight is 268 g/mol. The van der Waals surface area contributed by atoms with Gasteiger partial charge in [0.2, 0.25) is 11.8 Å². The summed E-state index contributed by atoms with van der Waals surface area (Å²) in [7, 11) is 0. The maximum absolute atomic E-state index is 12.8. The predicted molar refractivity (Wildman–Crippen MR) is 71.6 cm³/mol. The summed E-state index contributed by atoms with van der Waals surface area (Å²) in [6, 6.07) is 0. The molecule has 2 rings (SSSR count). The quantitative estimate of drug-likeness (QED) is 0.776. The van der Waals surface area contributed by atoms with Gasteiger partial charge in [0.25, 0.3) is 0 Å². The number of piperazine rings is 1. The van der Waals surface area contributed by atoms with Gasteiger partial charge in [0.15, 0.2) is 0 Å². The third-order valence-electron chi connectivity index (χ3n) is 4.36. The first-order valence-corrected chi connectivity index (χ1v) is 7.16. The van der Waals surface area contributed by atoms with Crippen LogP contribution in [-0.2, 0) is 14.3 Å². The highest BCUT2D eigenvalue weighted by atomic mass is 16.5. The molecule has 19 heavy (non-hydrogen) atoms. The first kappa shape index (κ1) is 14.3. The molecule has 2 aliphatic rings. The van der Waals surface area contributed by atoms with E-state index in [0.29, 0.717) is 19.8 Å². The molecule has 1 N–H and O–H groups in total. The van der Waals surface area contributed by atoms with Crippen LogP contribution in [0.2, 0.25) is 0 Å². The molecule has 0 radical (unpaired) electrons. The van der Waals surface area contributed by atoms with Crippen molar-refractivity contribution < 1.29 is 14.3 Å². The van der Waals surface area contributed by atoms with Crippen LogP contribution in [-0.4, -0.2) is 47.6 Å². The van der Waals surface area contributed by atoms with Crippen molar-refractivity contribution in [3.63, 3.8) is 0 Å². The highest BCUT2D eigenvalue weighted by Gasteiger charge is 2.55. The van der Waals surface area contributed by atoms with E-state index < -0.39 is 11.1 Å². The van der Waals surface area contributed by atoms with E-state index >= 15 is 0 Å². The minimum Gasteiger partial charge on any atom is -0.380 e. The summed E-state index contributed by atoms with van der Waals surface area (Å²) in [4.78, 5) is 26.8. The van der Waals surface area contributed by atoms with Crippen molar-refractivity contribution in [2.45, 2.75) is 57.5 Å². The summed E-state index contributed by atoms with van der Waals surface area (Å²) in [6.45, 7) is 7.11. The minimum atomic E-state index is -0.790. The summed E-state index contributed by atoms with van der Waals surface area (Å²) >= 11 is 0. The summed E-state index contributed by atoms with van der Waals surface area (Å²) in [5.41, 5.74) is -1.43. The summed E-state index contributed by atoms with van der Waals surface area (Å²) in [5, 5.41) is 2.98. The number of nitrogens with zero attached hydrogens (tertiary/aromatic N) is 1. The maximum Gasteiger partial charge on any atom is 0.249 e. The standard InChI is InChI=1S/C14H24N2O3/c1-4-19-10-9-16-12(18)14(7-5-6-8-14)15-11(17)13(16,2)3/h4-10H2,1-3H3,(H,15,17). The fraction of sp³-hybridized carbons (Fsp3) is 0.857. The van der Waals surface area contributed by atoms with E-state index in [1.807, 2.05) is 6.92 Å². The van der Waals surface area contributed by atoms with Crippen molar-refractivity contribution in [1.82, 2.24) is 10.2 Å². The zero-order chi connectivity index (χ0) is 14.1. The number of nitrogens with one attached hydrogen (secondary N) is 1. The van der Waals surface area contributed by atoms with Gasteiger partial charge in [-0.1, -0.05) is 12.8 Å². The van der Waals surface area contributed by atoms with Crippen LogP contribution in [0.15, 0.2) is 0 Å². The van der Waals surface area contributed by atoms with Gasteiger partial charge in [0, 0.05) is 13.2 Å². The molecule has 1 saturated carbocycles. The Morgan fingerprint density at radius 2 is 1.89 bits per heavy atom. The van der Waals surface area contributed by atoms with Gasteiger partial charge in [0.1, 0.15) is 11.1 Å². The molecule has 5 heteroatoms. The molecule has 1 aliphatic carbocycles. The molecule has 0 bridgehead atoms. The lowest BCUT2D eigenvalue weighted by Gasteiger charge is -2.48. The van der Waals surface area contributed by atoms with Gasteiger partial charge in [-0.3, -0.25) is 9.59 Å². The third-order valence-corrected chi connectivity index (χ3v) is 4.36. The first-order valence-electron chi connectivity index (χ1n) is 7.16. The molecule has 0 aromatic rings. The lowest BCUT2D eigenvalue weighted by Crippen LogP contribution is -2.73. The van der Waals surface area contributed by atoms with E-state index in [2.05, 4.69) is 5.32 Å². The topological polar surface area (TPSA) is 58.6 Å². The second-order valence-corrected chi connectivity index (χ2v) is 5.96. The molecule has 108 valence electrons. The fourth-order valence-corrected chi connectivity index (χ4v) is 3.06. The highest BCUT2D eigenvalue weighted by Crippen LogP contribution is 2.37. The minimum absolute atomic E-state index is 0.0505. The van der Waals surface area contributed by atoms with Crippen molar-refractivity contribution in [3.05, 3.63) is 0 Å². The van der Waals surface area contributed by atoms with Crippen LogP contribution in [0.4, 0.5) is 0 Å². The van der Waals surface area contributed by atoms with Gasteiger partial charge in [-0.25, -0.2) is 0 Å². The van der Waals surface area contributed by atoms with Gasteiger partial charge in [0.05, 0.1) is 6.61 Å². The van der Waals surface area contributed by atoms with Gasteiger partial charge in [-0.2, -0.15) is 0 Å². The van der Waals surface area contributed by atoms with Crippen LogP contribution in [0, 0.1) is 0 Å². The van der Waals surface area contributed by atoms with Crippen molar-refractivity contribution in [2.24, 2.45) is 0 Å².